The second kappa shape index (κ2) is 8.09. The van der Waals surface area contributed by atoms with Crippen LogP contribution in [0.15, 0.2) is 52.1 Å². The molecule has 0 N–H and O–H groups in total. The summed E-state index contributed by atoms with van der Waals surface area (Å²) in [4.78, 5) is 12.0. The van der Waals surface area contributed by atoms with E-state index < -0.39 is 11.6 Å². The van der Waals surface area contributed by atoms with Crippen LogP contribution in [0.1, 0.15) is 17.3 Å². The minimum Gasteiger partial charge on any atom is -0.494 e. The molecule has 5 nitrogen and oxygen atoms in total. The van der Waals surface area contributed by atoms with Crippen molar-refractivity contribution in [2.45, 2.75) is 12.1 Å². The molecule has 1 aromatic heterocycles. The number of Topliss-reactive ketones (excluding diaryl/α,β-unsaturated/α-hetero) is 1. The fraction of sp³-hybridized carbons (Fsp3) is 0.167. The Morgan fingerprint density at radius 3 is 2.58 bits per heavy atom. The summed E-state index contributed by atoms with van der Waals surface area (Å²) in [5.41, 5.74) is 0.808. The van der Waals surface area contributed by atoms with Crippen LogP contribution >= 0.6 is 11.8 Å². The molecule has 0 saturated carbocycles. The lowest BCUT2D eigenvalue weighted by Crippen LogP contribution is -2.03. The Hall–Kier alpha value is -2.74. The average molecular weight is 376 g/mol. The van der Waals surface area contributed by atoms with Crippen LogP contribution in [-0.2, 0) is 0 Å². The number of halogens is 2. The Bertz CT molecular complexity index is 913. The van der Waals surface area contributed by atoms with Crippen LogP contribution in [0.3, 0.4) is 0 Å². The second-order valence-corrected chi connectivity index (χ2v) is 6.10. The highest BCUT2D eigenvalue weighted by Crippen LogP contribution is 2.25. The van der Waals surface area contributed by atoms with Gasteiger partial charge in [-0.1, -0.05) is 11.8 Å². The van der Waals surface area contributed by atoms with Gasteiger partial charge in [0.15, 0.2) is 17.4 Å². The molecular formula is C18H14F2N2O3S. The summed E-state index contributed by atoms with van der Waals surface area (Å²) in [5.74, 6) is -1.40. The molecule has 0 spiro atoms. The summed E-state index contributed by atoms with van der Waals surface area (Å²) < 4.78 is 37.0. The number of thioether (sulfide) groups is 1. The first-order valence-corrected chi connectivity index (χ1v) is 8.73. The minimum absolute atomic E-state index is 0.0318. The fourth-order valence-corrected chi connectivity index (χ4v) is 2.78. The van der Waals surface area contributed by atoms with E-state index in [4.69, 9.17) is 9.15 Å². The number of ether oxygens (including phenoxy) is 1. The van der Waals surface area contributed by atoms with E-state index in [-0.39, 0.29) is 22.3 Å². The summed E-state index contributed by atoms with van der Waals surface area (Å²) in [7, 11) is 0. The molecule has 3 rings (SSSR count). The van der Waals surface area contributed by atoms with Crippen LogP contribution in [0.4, 0.5) is 8.78 Å². The van der Waals surface area contributed by atoms with Gasteiger partial charge in [0.1, 0.15) is 5.75 Å². The molecule has 26 heavy (non-hydrogen) atoms. The number of hydrogen-bond acceptors (Lipinski definition) is 6. The van der Waals surface area contributed by atoms with Gasteiger partial charge in [0.2, 0.25) is 5.89 Å². The van der Waals surface area contributed by atoms with Gasteiger partial charge in [-0.25, -0.2) is 8.78 Å². The number of benzene rings is 2. The number of rotatable bonds is 7. The zero-order valence-electron chi connectivity index (χ0n) is 13.7. The van der Waals surface area contributed by atoms with Crippen LogP contribution in [0.2, 0.25) is 0 Å². The summed E-state index contributed by atoms with van der Waals surface area (Å²) in [6, 6.07) is 10.2. The molecule has 1 heterocycles. The van der Waals surface area contributed by atoms with Crippen molar-refractivity contribution in [3.63, 3.8) is 0 Å². The van der Waals surface area contributed by atoms with Gasteiger partial charge < -0.3 is 9.15 Å². The zero-order chi connectivity index (χ0) is 18.5. The monoisotopic (exact) mass is 376 g/mol. The van der Waals surface area contributed by atoms with Crippen LogP contribution in [-0.4, -0.2) is 28.3 Å². The maximum absolute atomic E-state index is 13.2. The van der Waals surface area contributed by atoms with Crippen molar-refractivity contribution in [2.75, 3.05) is 12.4 Å². The Labute approximate surface area is 152 Å². The Morgan fingerprint density at radius 2 is 1.88 bits per heavy atom. The first kappa shape index (κ1) is 18.1. The summed E-state index contributed by atoms with van der Waals surface area (Å²) >= 11 is 1.03. The molecular weight excluding hydrogens is 362 g/mol. The highest BCUT2D eigenvalue weighted by Gasteiger charge is 2.14. The van der Waals surface area contributed by atoms with Gasteiger partial charge >= 0.3 is 0 Å². The smallest absolute Gasteiger partial charge is 0.277 e. The van der Waals surface area contributed by atoms with Crippen molar-refractivity contribution in [2.24, 2.45) is 0 Å². The first-order valence-electron chi connectivity index (χ1n) is 7.74. The molecule has 8 heteroatoms. The lowest BCUT2D eigenvalue weighted by molar-refractivity contribution is 0.102. The maximum Gasteiger partial charge on any atom is 0.277 e. The zero-order valence-corrected chi connectivity index (χ0v) is 14.6. The number of hydrogen-bond donors (Lipinski definition) is 0. The third-order valence-corrected chi connectivity index (χ3v) is 4.21. The third-order valence-electron chi connectivity index (χ3n) is 3.39. The van der Waals surface area contributed by atoms with Gasteiger partial charge in [0.25, 0.3) is 5.22 Å². The predicted molar refractivity (Wildman–Crippen MR) is 92.3 cm³/mol. The summed E-state index contributed by atoms with van der Waals surface area (Å²) in [6.07, 6.45) is 0. The predicted octanol–water partition coefficient (Wildman–Crippen LogP) is 4.39. The molecule has 0 fully saturated rings. The molecule has 0 aliphatic carbocycles. The Morgan fingerprint density at radius 1 is 1.12 bits per heavy atom. The van der Waals surface area contributed by atoms with Crippen molar-refractivity contribution in [3.8, 4) is 17.2 Å². The number of ketones is 1. The SMILES string of the molecule is CCOc1ccc(-c2nnc(SCC(=O)c3ccc(F)c(F)c3)o2)cc1. The lowest BCUT2D eigenvalue weighted by atomic mass is 10.1. The van der Waals surface area contributed by atoms with E-state index >= 15 is 0 Å². The van der Waals surface area contributed by atoms with Gasteiger partial charge in [-0.3, -0.25) is 4.79 Å². The van der Waals surface area contributed by atoms with E-state index in [9.17, 15) is 13.6 Å². The lowest BCUT2D eigenvalue weighted by Gasteiger charge is -2.02. The highest BCUT2D eigenvalue weighted by atomic mass is 32.2. The van der Waals surface area contributed by atoms with Crippen LogP contribution in [0.5, 0.6) is 5.75 Å². The van der Waals surface area contributed by atoms with Gasteiger partial charge in [0.05, 0.1) is 12.4 Å². The van der Waals surface area contributed by atoms with Crippen molar-refractivity contribution in [1.29, 1.82) is 0 Å². The fourth-order valence-electron chi connectivity index (χ4n) is 2.13. The van der Waals surface area contributed by atoms with Gasteiger partial charge in [-0.05, 0) is 49.4 Å². The summed E-state index contributed by atoms with van der Waals surface area (Å²) in [6.45, 7) is 2.48. The molecule has 3 aromatic rings. The van der Waals surface area contributed by atoms with Gasteiger partial charge in [0, 0.05) is 11.1 Å². The molecule has 134 valence electrons. The van der Waals surface area contributed by atoms with Crippen molar-refractivity contribution >= 4 is 17.5 Å². The normalized spacial score (nSPS) is 10.7. The first-order chi connectivity index (χ1) is 12.6. The molecule has 0 saturated heterocycles. The van der Waals surface area contributed by atoms with Crippen molar-refractivity contribution in [1.82, 2.24) is 10.2 Å². The maximum atomic E-state index is 13.2. The van der Waals surface area contributed by atoms with E-state index in [2.05, 4.69) is 10.2 Å². The topological polar surface area (TPSA) is 65.2 Å². The molecule has 0 bridgehead atoms. The average Bonchev–Trinajstić information content (AvgIpc) is 3.12. The molecule has 0 radical (unpaired) electrons. The highest BCUT2D eigenvalue weighted by molar-refractivity contribution is 7.99. The summed E-state index contributed by atoms with van der Waals surface area (Å²) in [5, 5.41) is 8.03. The molecule has 0 atom stereocenters. The standard InChI is InChI=1S/C18H14F2N2O3S/c1-2-24-13-6-3-11(4-7-13)17-21-22-18(25-17)26-10-16(23)12-5-8-14(19)15(20)9-12/h3-9H,2,10H2,1H3. The third kappa shape index (κ3) is 4.26. The molecule has 0 unspecified atom stereocenters. The van der Waals surface area contributed by atoms with E-state index in [1.807, 2.05) is 6.92 Å². The van der Waals surface area contributed by atoms with Crippen LogP contribution in [0.25, 0.3) is 11.5 Å². The van der Waals surface area contributed by atoms with Crippen LogP contribution < -0.4 is 4.74 Å². The molecule has 0 aliphatic heterocycles. The number of nitrogens with zero attached hydrogens (tertiary/aromatic N) is 2. The van der Waals surface area contributed by atoms with Crippen LogP contribution in [0, 0.1) is 11.6 Å². The van der Waals surface area contributed by atoms with Gasteiger partial charge in [-0.2, -0.15) is 0 Å². The molecule has 2 aromatic carbocycles. The van der Waals surface area contributed by atoms with Gasteiger partial charge in [-0.15, -0.1) is 10.2 Å². The molecule has 0 aliphatic rings. The molecule has 0 amide bonds. The van der Waals surface area contributed by atoms with E-state index in [1.54, 1.807) is 24.3 Å². The Balaban J connectivity index is 1.63. The van der Waals surface area contributed by atoms with E-state index in [1.165, 1.54) is 6.07 Å². The quantitative estimate of drug-likeness (QED) is 0.450. The minimum atomic E-state index is -1.06. The largest absolute Gasteiger partial charge is 0.494 e. The number of aromatic nitrogens is 2. The van der Waals surface area contributed by atoms with E-state index in [0.717, 1.165) is 35.2 Å². The number of carbonyl (C=O) groups excluding carboxylic acids is 1. The van der Waals surface area contributed by atoms with Crippen molar-refractivity contribution < 1.29 is 22.7 Å². The second-order valence-electron chi connectivity index (χ2n) is 5.17. The van der Waals surface area contributed by atoms with Crippen molar-refractivity contribution in [3.05, 3.63) is 59.7 Å². The Kier molecular flexibility index (Phi) is 5.62. The van der Waals surface area contributed by atoms with E-state index in [0.29, 0.717) is 12.5 Å². The number of carbonyl (C=O) groups is 1.